The van der Waals surface area contributed by atoms with Gasteiger partial charge in [0.25, 0.3) is 0 Å². The Bertz CT molecular complexity index is 488. The quantitative estimate of drug-likeness (QED) is 0.753. The molecule has 1 aliphatic carbocycles. The first-order valence-corrected chi connectivity index (χ1v) is 6.39. The Morgan fingerprint density at radius 3 is 2.83 bits per heavy atom. The minimum atomic E-state index is -0.0133. The summed E-state index contributed by atoms with van der Waals surface area (Å²) in [4.78, 5) is 10.9. The second-order valence-corrected chi connectivity index (χ2v) is 5.33. The Balaban J connectivity index is 2.42. The molecule has 0 aromatic heterocycles. The standard InChI is InChI=1S/C16H20O2/c1-12-9-13(11-14(10-12)18-3)15-5-4-6-16(15,2)7-8-17/h5,8-11H,4,6-7H2,1-3H3/t16-/m0/s1. The third kappa shape index (κ3) is 2.33. The Hall–Kier alpha value is -1.57. The van der Waals surface area contributed by atoms with Gasteiger partial charge in [0.1, 0.15) is 12.0 Å². The molecule has 0 saturated carbocycles. The van der Waals surface area contributed by atoms with Crippen LogP contribution in [0.3, 0.4) is 0 Å². The lowest BCUT2D eigenvalue weighted by Gasteiger charge is -2.26. The molecule has 96 valence electrons. The number of allylic oxidation sites excluding steroid dienone is 2. The average molecular weight is 244 g/mol. The first-order chi connectivity index (χ1) is 8.59. The molecular weight excluding hydrogens is 224 g/mol. The fraction of sp³-hybridized carbons (Fsp3) is 0.438. The Labute approximate surface area is 109 Å². The largest absolute Gasteiger partial charge is 0.497 e. The summed E-state index contributed by atoms with van der Waals surface area (Å²) in [6.07, 6.45) is 5.99. The van der Waals surface area contributed by atoms with E-state index in [9.17, 15) is 4.79 Å². The molecule has 0 unspecified atom stereocenters. The van der Waals surface area contributed by atoms with Crippen molar-refractivity contribution >= 4 is 11.9 Å². The summed E-state index contributed by atoms with van der Waals surface area (Å²) in [5.74, 6) is 0.881. The van der Waals surface area contributed by atoms with Crippen LogP contribution < -0.4 is 4.74 Å². The first-order valence-electron chi connectivity index (χ1n) is 6.39. The van der Waals surface area contributed by atoms with Gasteiger partial charge in [0.05, 0.1) is 7.11 Å². The highest BCUT2D eigenvalue weighted by Gasteiger charge is 2.32. The summed E-state index contributed by atoms with van der Waals surface area (Å²) < 4.78 is 5.33. The van der Waals surface area contributed by atoms with Gasteiger partial charge >= 0.3 is 0 Å². The fourth-order valence-electron chi connectivity index (χ4n) is 2.80. The molecule has 1 atom stereocenters. The van der Waals surface area contributed by atoms with E-state index in [0.29, 0.717) is 6.42 Å². The van der Waals surface area contributed by atoms with E-state index in [-0.39, 0.29) is 5.41 Å². The summed E-state index contributed by atoms with van der Waals surface area (Å²) in [6, 6.07) is 6.26. The van der Waals surface area contributed by atoms with Crippen LogP contribution in [0, 0.1) is 12.3 Å². The molecule has 18 heavy (non-hydrogen) atoms. The number of aldehydes is 1. The van der Waals surface area contributed by atoms with E-state index in [2.05, 4.69) is 32.1 Å². The van der Waals surface area contributed by atoms with Gasteiger partial charge in [-0.15, -0.1) is 0 Å². The predicted molar refractivity (Wildman–Crippen MR) is 73.7 cm³/mol. The highest BCUT2D eigenvalue weighted by molar-refractivity contribution is 5.75. The summed E-state index contributed by atoms with van der Waals surface area (Å²) in [7, 11) is 1.69. The molecule has 0 spiro atoms. The number of carbonyl (C=O) groups is 1. The van der Waals surface area contributed by atoms with Crippen LogP contribution in [0.25, 0.3) is 5.57 Å². The van der Waals surface area contributed by atoms with Crippen molar-refractivity contribution in [3.8, 4) is 5.75 Å². The van der Waals surface area contributed by atoms with E-state index < -0.39 is 0 Å². The SMILES string of the molecule is COc1cc(C)cc(C2=CCC[C@@]2(C)CC=O)c1. The molecule has 2 rings (SSSR count). The van der Waals surface area contributed by atoms with Crippen LogP contribution in [-0.4, -0.2) is 13.4 Å². The molecule has 0 bridgehead atoms. The van der Waals surface area contributed by atoms with E-state index in [1.807, 2.05) is 6.07 Å². The second-order valence-electron chi connectivity index (χ2n) is 5.33. The Kier molecular flexibility index (Phi) is 3.55. The number of hydrogen-bond donors (Lipinski definition) is 0. The van der Waals surface area contributed by atoms with Gasteiger partial charge in [0, 0.05) is 6.42 Å². The lowest BCUT2D eigenvalue weighted by atomic mass is 9.77. The van der Waals surface area contributed by atoms with Crippen molar-refractivity contribution in [3.63, 3.8) is 0 Å². The van der Waals surface area contributed by atoms with Gasteiger partial charge in [-0.3, -0.25) is 0 Å². The Morgan fingerprint density at radius 2 is 2.17 bits per heavy atom. The number of methoxy groups -OCH3 is 1. The summed E-state index contributed by atoms with van der Waals surface area (Å²) in [6.45, 7) is 4.24. The number of rotatable bonds is 4. The Morgan fingerprint density at radius 1 is 1.39 bits per heavy atom. The molecule has 0 aliphatic heterocycles. The van der Waals surface area contributed by atoms with Gasteiger partial charge in [0.2, 0.25) is 0 Å². The molecule has 0 amide bonds. The summed E-state index contributed by atoms with van der Waals surface area (Å²) in [5, 5.41) is 0. The highest BCUT2D eigenvalue weighted by atomic mass is 16.5. The van der Waals surface area contributed by atoms with Gasteiger partial charge in [-0.1, -0.05) is 19.1 Å². The zero-order valence-corrected chi connectivity index (χ0v) is 11.3. The van der Waals surface area contributed by atoms with Gasteiger partial charge in [0.15, 0.2) is 0 Å². The molecule has 0 heterocycles. The topological polar surface area (TPSA) is 26.3 Å². The van der Waals surface area contributed by atoms with Crippen molar-refractivity contribution in [2.24, 2.45) is 5.41 Å². The molecule has 2 heteroatoms. The maximum absolute atomic E-state index is 10.9. The predicted octanol–water partition coefficient (Wildman–Crippen LogP) is 3.78. The number of hydrogen-bond acceptors (Lipinski definition) is 2. The maximum atomic E-state index is 10.9. The van der Waals surface area contributed by atoms with Crippen LogP contribution in [0.2, 0.25) is 0 Å². The van der Waals surface area contributed by atoms with Crippen molar-refractivity contribution < 1.29 is 9.53 Å². The number of ether oxygens (including phenoxy) is 1. The van der Waals surface area contributed by atoms with Crippen LogP contribution >= 0.6 is 0 Å². The number of benzene rings is 1. The van der Waals surface area contributed by atoms with Crippen molar-refractivity contribution in [1.82, 2.24) is 0 Å². The molecule has 0 radical (unpaired) electrons. The van der Waals surface area contributed by atoms with Crippen molar-refractivity contribution in [3.05, 3.63) is 35.4 Å². The third-order valence-electron chi connectivity index (χ3n) is 3.83. The minimum Gasteiger partial charge on any atom is -0.497 e. The summed E-state index contributed by atoms with van der Waals surface area (Å²) >= 11 is 0. The van der Waals surface area contributed by atoms with E-state index >= 15 is 0 Å². The normalized spacial score (nSPS) is 22.7. The van der Waals surface area contributed by atoms with Crippen molar-refractivity contribution in [1.29, 1.82) is 0 Å². The number of aryl methyl sites for hydroxylation is 1. The maximum Gasteiger partial charge on any atom is 0.120 e. The first kappa shape index (κ1) is 12.9. The van der Waals surface area contributed by atoms with Gasteiger partial charge in [-0.2, -0.15) is 0 Å². The van der Waals surface area contributed by atoms with Gasteiger partial charge in [-0.25, -0.2) is 0 Å². The average Bonchev–Trinajstić information content (AvgIpc) is 2.70. The molecule has 1 aromatic carbocycles. The van der Waals surface area contributed by atoms with Crippen molar-refractivity contribution in [2.75, 3.05) is 7.11 Å². The second kappa shape index (κ2) is 4.97. The van der Waals surface area contributed by atoms with Gasteiger partial charge < -0.3 is 9.53 Å². The fourth-order valence-corrected chi connectivity index (χ4v) is 2.80. The van der Waals surface area contributed by atoms with Crippen molar-refractivity contribution in [2.45, 2.75) is 33.1 Å². The third-order valence-corrected chi connectivity index (χ3v) is 3.83. The zero-order chi connectivity index (χ0) is 13.2. The molecule has 1 aromatic rings. The van der Waals surface area contributed by atoms with Crippen LogP contribution in [0.1, 0.15) is 37.3 Å². The van der Waals surface area contributed by atoms with E-state index in [0.717, 1.165) is 24.9 Å². The molecule has 0 fully saturated rings. The molecular formula is C16H20O2. The lowest BCUT2D eigenvalue weighted by molar-refractivity contribution is -0.109. The molecule has 0 N–H and O–H groups in total. The van der Waals surface area contributed by atoms with Gasteiger partial charge in [-0.05, 0) is 54.0 Å². The summed E-state index contributed by atoms with van der Waals surface area (Å²) in [5.41, 5.74) is 3.65. The van der Waals surface area contributed by atoms with E-state index in [4.69, 9.17) is 4.74 Å². The molecule has 0 saturated heterocycles. The molecule has 1 aliphatic rings. The van der Waals surface area contributed by atoms with Crippen LogP contribution in [-0.2, 0) is 4.79 Å². The molecule has 2 nitrogen and oxygen atoms in total. The monoisotopic (exact) mass is 244 g/mol. The van der Waals surface area contributed by atoms with E-state index in [1.54, 1.807) is 7.11 Å². The lowest BCUT2D eigenvalue weighted by Crippen LogP contribution is -2.15. The minimum absolute atomic E-state index is 0.0133. The van der Waals surface area contributed by atoms with Crippen LogP contribution in [0.4, 0.5) is 0 Å². The smallest absolute Gasteiger partial charge is 0.120 e. The number of carbonyl (C=O) groups excluding carboxylic acids is 1. The zero-order valence-electron chi connectivity index (χ0n) is 11.3. The van der Waals surface area contributed by atoms with Crippen LogP contribution in [0.15, 0.2) is 24.3 Å². The van der Waals surface area contributed by atoms with E-state index in [1.165, 1.54) is 16.7 Å². The highest BCUT2D eigenvalue weighted by Crippen LogP contribution is 2.47. The van der Waals surface area contributed by atoms with Crippen LogP contribution in [0.5, 0.6) is 5.75 Å².